The van der Waals surface area contributed by atoms with E-state index in [1.807, 2.05) is 0 Å². The molecule has 0 amide bonds. The van der Waals surface area contributed by atoms with Gasteiger partial charge in [0, 0.05) is 30.2 Å². The lowest BCUT2D eigenvalue weighted by atomic mass is 10.1. The highest BCUT2D eigenvalue weighted by Gasteiger charge is 2.36. The van der Waals surface area contributed by atoms with Crippen LogP contribution in [0, 0.1) is 6.92 Å². The van der Waals surface area contributed by atoms with Crippen LogP contribution in [0.3, 0.4) is 0 Å². The average Bonchev–Trinajstić information content (AvgIpc) is 2.91. The maximum Gasteiger partial charge on any atom is 0.0453 e. The first kappa shape index (κ1) is 12.5. The Morgan fingerprint density at radius 2 is 2.22 bits per heavy atom. The van der Waals surface area contributed by atoms with Gasteiger partial charge in [-0.05, 0) is 49.9 Å². The number of fused-ring (bicyclic) bond motifs is 1. The highest BCUT2D eigenvalue weighted by atomic mass is 35.5. The number of hydrogen-bond donors (Lipinski definition) is 1. The van der Waals surface area contributed by atoms with Crippen molar-refractivity contribution in [2.24, 2.45) is 0 Å². The molecule has 0 aliphatic carbocycles. The molecule has 18 heavy (non-hydrogen) atoms. The number of halogens is 1. The van der Waals surface area contributed by atoms with Crippen molar-refractivity contribution >= 4 is 11.6 Å². The maximum absolute atomic E-state index is 6.28. The van der Waals surface area contributed by atoms with Gasteiger partial charge in [0.1, 0.15) is 0 Å². The summed E-state index contributed by atoms with van der Waals surface area (Å²) in [6.07, 6.45) is 4.02. The Labute approximate surface area is 114 Å². The molecule has 2 unspecified atom stereocenters. The summed E-state index contributed by atoms with van der Waals surface area (Å²) in [6, 6.07) is 7.76. The molecule has 0 radical (unpaired) electrons. The number of aryl methyl sites for hydroxylation is 1. The smallest absolute Gasteiger partial charge is 0.0453 e. The number of hydrogen-bond acceptors (Lipinski definition) is 2. The highest BCUT2D eigenvalue weighted by molar-refractivity contribution is 6.31. The first-order valence-corrected chi connectivity index (χ1v) is 7.34. The van der Waals surface area contributed by atoms with Crippen molar-refractivity contribution in [3.63, 3.8) is 0 Å². The molecular formula is C15H21ClN2. The Morgan fingerprint density at radius 1 is 1.33 bits per heavy atom. The Bertz CT molecular complexity index is 433. The van der Waals surface area contributed by atoms with Crippen LogP contribution in [-0.2, 0) is 6.54 Å². The van der Waals surface area contributed by atoms with Crippen LogP contribution in [-0.4, -0.2) is 30.1 Å². The number of nitrogens with zero attached hydrogens (tertiary/aromatic N) is 1. The summed E-state index contributed by atoms with van der Waals surface area (Å²) in [6.45, 7) is 5.54. The van der Waals surface area contributed by atoms with Gasteiger partial charge in [-0.2, -0.15) is 0 Å². The van der Waals surface area contributed by atoms with Crippen molar-refractivity contribution < 1.29 is 0 Å². The first-order valence-electron chi connectivity index (χ1n) is 6.96. The van der Waals surface area contributed by atoms with E-state index in [1.54, 1.807) is 0 Å². The predicted octanol–water partition coefficient (Wildman–Crippen LogP) is 2.97. The van der Waals surface area contributed by atoms with Crippen LogP contribution < -0.4 is 5.32 Å². The lowest BCUT2D eigenvalue weighted by Gasteiger charge is -2.21. The Balaban J connectivity index is 1.61. The van der Waals surface area contributed by atoms with E-state index in [2.05, 4.69) is 35.3 Å². The molecular weight excluding hydrogens is 244 g/mol. The van der Waals surface area contributed by atoms with Gasteiger partial charge in [0.05, 0.1) is 0 Å². The molecule has 0 aromatic heterocycles. The zero-order valence-electron chi connectivity index (χ0n) is 11.0. The van der Waals surface area contributed by atoms with Crippen molar-refractivity contribution in [3.05, 3.63) is 34.3 Å². The van der Waals surface area contributed by atoms with Gasteiger partial charge in [-0.1, -0.05) is 23.7 Å². The fourth-order valence-corrected chi connectivity index (χ4v) is 3.66. The second-order valence-electron chi connectivity index (χ2n) is 5.62. The van der Waals surface area contributed by atoms with E-state index in [9.17, 15) is 0 Å². The van der Waals surface area contributed by atoms with Crippen LogP contribution in [0.4, 0.5) is 0 Å². The summed E-state index contributed by atoms with van der Waals surface area (Å²) in [5, 5.41) is 4.60. The standard InChI is InChI=1S/C15H21ClN2/c1-11-4-5-12(13(16)9-11)10-17-14-6-8-18-7-2-3-15(14)18/h4-5,9,14-15,17H,2-3,6-8,10H2,1H3. The van der Waals surface area contributed by atoms with E-state index in [4.69, 9.17) is 11.6 Å². The van der Waals surface area contributed by atoms with Gasteiger partial charge >= 0.3 is 0 Å². The molecule has 0 saturated carbocycles. The van der Waals surface area contributed by atoms with Gasteiger partial charge < -0.3 is 5.32 Å². The van der Waals surface area contributed by atoms with Gasteiger partial charge in [0.25, 0.3) is 0 Å². The first-order chi connectivity index (χ1) is 8.74. The molecule has 3 heteroatoms. The molecule has 2 nitrogen and oxygen atoms in total. The number of rotatable bonds is 3. The second-order valence-corrected chi connectivity index (χ2v) is 6.02. The van der Waals surface area contributed by atoms with Crippen molar-refractivity contribution in [2.45, 2.75) is 44.8 Å². The monoisotopic (exact) mass is 264 g/mol. The van der Waals surface area contributed by atoms with E-state index in [0.717, 1.165) is 17.6 Å². The molecule has 2 heterocycles. The Morgan fingerprint density at radius 3 is 3.06 bits per heavy atom. The molecule has 98 valence electrons. The zero-order chi connectivity index (χ0) is 12.5. The normalized spacial score (nSPS) is 27.7. The van der Waals surface area contributed by atoms with Gasteiger partial charge in [-0.25, -0.2) is 0 Å². The molecule has 2 aliphatic heterocycles. The van der Waals surface area contributed by atoms with Gasteiger partial charge in [0.15, 0.2) is 0 Å². The maximum atomic E-state index is 6.28. The predicted molar refractivity (Wildman–Crippen MR) is 76.0 cm³/mol. The van der Waals surface area contributed by atoms with Crippen molar-refractivity contribution in [1.82, 2.24) is 10.2 Å². The zero-order valence-corrected chi connectivity index (χ0v) is 11.7. The van der Waals surface area contributed by atoms with Crippen LogP contribution in [0.15, 0.2) is 18.2 Å². The third-order valence-electron chi connectivity index (χ3n) is 4.37. The fraction of sp³-hybridized carbons (Fsp3) is 0.600. The van der Waals surface area contributed by atoms with Crippen molar-refractivity contribution in [3.8, 4) is 0 Å². The minimum atomic E-state index is 0.657. The molecule has 2 fully saturated rings. The molecule has 1 aromatic carbocycles. The highest BCUT2D eigenvalue weighted by Crippen LogP contribution is 2.28. The van der Waals surface area contributed by atoms with Crippen LogP contribution in [0.5, 0.6) is 0 Å². The SMILES string of the molecule is Cc1ccc(CNC2CCN3CCCC23)c(Cl)c1. The summed E-state index contributed by atoms with van der Waals surface area (Å²) < 4.78 is 0. The van der Waals surface area contributed by atoms with Gasteiger partial charge in [-0.3, -0.25) is 4.90 Å². The lowest BCUT2D eigenvalue weighted by Crippen LogP contribution is -2.38. The summed E-state index contributed by atoms with van der Waals surface area (Å²) in [7, 11) is 0. The van der Waals surface area contributed by atoms with Crippen molar-refractivity contribution in [1.29, 1.82) is 0 Å². The molecule has 2 atom stereocenters. The van der Waals surface area contributed by atoms with Crippen LogP contribution in [0.25, 0.3) is 0 Å². The molecule has 0 bridgehead atoms. The Kier molecular flexibility index (Phi) is 3.60. The summed E-state index contributed by atoms with van der Waals surface area (Å²) in [4.78, 5) is 2.63. The summed E-state index contributed by atoms with van der Waals surface area (Å²) in [5.41, 5.74) is 2.45. The van der Waals surface area contributed by atoms with E-state index >= 15 is 0 Å². The third-order valence-corrected chi connectivity index (χ3v) is 4.72. The van der Waals surface area contributed by atoms with E-state index < -0.39 is 0 Å². The second kappa shape index (κ2) is 5.20. The third kappa shape index (κ3) is 2.42. The topological polar surface area (TPSA) is 15.3 Å². The molecule has 2 saturated heterocycles. The average molecular weight is 265 g/mol. The van der Waals surface area contributed by atoms with E-state index in [1.165, 1.54) is 43.5 Å². The van der Waals surface area contributed by atoms with Crippen molar-refractivity contribution in [2.75, 3.05) is 13.1 Å². The molecule has 0 spiro atoms. The summed E-state index contributed by atoms with van der Waals surface area (Å²) >= 11 is 6.28. The number of benzene rings is 1. The molecule has 1 aromatic rings. The minimum Gasteiger partial charge on any atom is -0.308 e. The number of nitrogens with one attached hydrogen (secondary N) is 1. The molecule has 3 rings (SSSR count). The van der Waals surface area contributed by atoms with Gasteiger partial charge in [0.2, 0.25) is 0 Å². The quantitative estimate of drug-likeness (QED) is 0.903. The molecule has 1 N–H and O–H groups in total. The largest absolute Gasteiger partial charge is 0.308 e. The van der Waals surface area contributed by atoms with Crippen LogP contribution in [0.2, 0.25) is 5.02 Å². The van der Waals surface area contributed by atoms with Gasteiger partial charge in [-0.15, -0.1) is 0 Å². The fourth-order valence-electron chi connectivity index (χ4n) is 3.36. The summed E-state index contributed by atoms with van der Waals surface area (Å²) in [5.74, 6) is 0. The lowest BCUT2D eigenvalue weighted by molar-refractivity contribution is 0.298. The van der Waals surface area contributed by atoms with Crippen LogP contribution in [0.1, 0.15) is 30.4 Å². The van der Waals surface area contributed by atoms with E-state index in [0.29, 0.717) is 6.04 Å². The van der Waals surface area contributed by atoms with E-state index in [-0.39, 0.29) is 0 Å². The minimum absolute atomic E-state index is 0.657. The molecule has 2 aliphatic rings. The van der Waals surface area contributed by atoms with Crippen LogP contribution >= 0.6 is 11.6 Å². The Hall–Kier alpha value is -0.570.